The molecule has 2 aromatic rings. The molecule has 0 bridgehead atoms. The van der Waals surface area contributed by atoms with Crippen molar-refractivity contribution in [2.45, 2.75) is 20.0 Å². The molecule has 5 N–H and O–H groups in total. The number of benzene rings is 1. The Morgan fingerprint density at radius 3 is 2.55 bits per heavy atom. The molecule has 1 aromatic carbocycles. The molecule has 1 aliphatic heterocycles. The summed E-state index contributed by atoms with van der Waals surface area (Å²) in [5.74, 6) is -0.903. The van der Waals surface area contributed by atoms with Crippen LogP contribution < -0.4 is 26.0 Å². The number of aromatic nitrogens is 2. The molecular weight excluding hydrogens is 494 g/mol. The fourth-order valence-electron chi connectivity index (χ4n) is 3.52. The van der Waals surface area contributed by atoms with Crippen LogP contribution in [0.4, 0.5) is 22.0 Å². The number of amides is 3. The number of amidine groups is 1. The van der Waals surface area contributed by atoms with Gasteiger partial charge in [0.15, 0.2) is 23.1 Å². The van der Waals surface area contributed by atoms with Crippen LogP contribution >= 0.6 is 0 Å². The van der Waals surface area contributed by atoms with Gasteiger partial charge in [0, 0.05) is 33.3 Å². The number of likely N-dealkylation sites (tertiary alicyclic amines) is 1. The lowest BCUT2D eigenvalue weighted by atomic mass is 10.00. The fraction of sp³-hybridized carbons (Fsp3) is 0.375. The largest absolute Gasteiger partial charge is 0.494 e. The lowest BCUT2D eigenvalue weighted by Crippen LogP contribution is -2.54. The van der Waals surface area contributed by atoms with Gasteiger partial charge in [-0.1, -0.05) is 6.07 Å². The highest BCUT2D eigenvalue weighted by molar-refractivity contribution is 6.05. The standard InChI is InChI=1S/C24H31N9O5/c1-13(2)38-24(36)33-10-14(11-33)22(34)30-18-9-17(19(32-31-18)23(35)27-4)29-16-8-6-7-15(20(16)37-5)21(25)28-12-26-3/h6-9,12-14H,10-11H2,1-5H3,(H,27,35)(H2,25,26,28)(H2,29,30,31,34). The van der Waals surface area contributed by atoms with Crippen LogP contribution in [-0.4, -0.2) is 85.6 Å². The van der Waals surface area contributed by atoms with E-state index in [-0.39, 0.29) is 48.1 Å². The summed E-state index contributed by atoms with van der Waals surface area (Å²) in [7, 11) is 4.58. The number of carbonyl (C=O) groups is 3. The first kappa shape index (κ1) is 27.8. The number of para-hydroxylation sites is 1. The van der Waals surface area contributed by atoms with Crippen molar-refractivity contribution in [3.05, 3.63) is 35.5 Å². The maximum absolute atomic E-state index is 12.7. The van der Waals surface area contributed by atoms with Crippen LogP contribution in [-0.2, 0) is 9.53 Å². The second-order valence-electron chi connectivity index (χ2n) is 8.50. The molecule has 0 spiro atoms. The van der Waals surface area contributed by atoms with Crippen molar-refractivity contribution in [2.24, 2.45) is 10.9 Å². The highest BCUT2D eigenvalue weighted by Crippen LogP contribution is 2.33. The zero-order chi connectivity index (χ0) is 27.8. The van der Waals surface area contributed by atoms with Gasteiger partial charge in [-0.2, -0.15) is 0 Å². The monoisotopic (exact) mass is 525 g/mol. The van der Waals surface area contributed by atoms with Gasteiger partial charge in [0.2, 0.25) is 5.91 Å². The average molecular weight is 526 g/mol. The molecule has 0 radical (unpaired) electrons. The van der Waals surface area contributed by atoms with Crippen molar-refractivity contribution in [3.8, 4) is 5.75 Å². The highest BCUT2D eigenvalue weighted by atomic mass is 16.6. The van der Waals surface area contributed by atoms with Gasteiger partial charge in [-0.05, 0) is 26.0 Å². The molecular formula is C24H31N9O5. The van der Waals surface area contributed by atoms with Crippen molar-refractivity contribution in [2.75, 3.05) is 44.9 Å². The number of ether oxygens (including phenoxy) is 2. The minimum absolute atomic E-state index is 0.0208. The van der Waals surface area contributed by atoms with Crippen LogP contribution in [0.5, 0.6) is 5.75 Å². The minimum Gasteiger partial charge on any atom is -0.494 e. The van der Waals surface area contributed by atoms with Crippen molar-refractivity contribution >= 4 is 47.3 Å². The van der Waals surface area contributed by atoms with Gasteiger partial charge in [-0.3, -0.25) is 15.0 Å². The molecule has 1 fully saturated rings. The number of hydrogen-bond donors (Lipinski definition) is 5. The molecule has 14 heteroatoms. The summed E-state index contributed by atoms with van der Waals surface area (Å²) in [6.07, 6.45) is 0.662. The Morgan fingerprint density at radius 1 is 1.18 bits per heavy atom. The lowest BCUT2D eigenvalue weighted by Gasteiger charge is -2.37. The second-order valence-corrected chi connectivity index (χ2v) is 8.50. The summed E-state index contributed by atoms with van der Waals surface area (Å²) in [4.78, 5) is 42.6. The molecule has 38 heavy (non-hydrogen) atoms. The van der Waals surface area contributed by atoms with Gasteiger partial charge in [-0.15, -0.1) is 10.2 Å². The molecule has 1 saturated heterocycles. The molecule has 0 unspecified atom stereocenters. The minimum atomic E-state index is -0.502. The third-order valence-corrected chi connectivity index (χ3v) is 5.40. The summed E-state index contributed by atoms with van der Waals surface area (Å²) < 4.78 is 10.7. The van der Waals surface area contributed by atoms with Crippen molar-refractivity contribution in [1.82, 2.24) is 25.7 Å². The number of rotatable bonds is 9. The molecule has 0 saturated carbocycles. The zero-order valence-electron chi connectivity index (χ0n) is 21.8. The van der Waals surface area contributed by atoms with E-state index in [1.54, 1.807) is 39.1 Å². The number of aliphatic imine (C=N–C) groups is 1. The summed E-state index contributed by atoms with van der Waals surface area (Å²) >= 11 is 0. The highest BCUT2D eigenvalue weighted by Gasteiger charge is 2.37. The third kappa shape index (κ3) is 6.52. The van der Waals surface area contributed by atoms with E-state index in [2.05, 4.69) is 36.5 Å². The van der Waals surface area contributed by atoms with Gasteiger partial charge in [0.25, 0.3) is 5.91 Å². The van der Waals surface area contributed by atoms with Gasteiger partial charge >= 0.3 is 6.09 Å². The molecule has 3 rings (SSSR count). The quantitative estimate of drug-likeness (QED) is 0.240. The van der Waals surface area contributed by atoms with Crippen LogP contribution in [0.2, 0.25) is 0 Å². The molecule has 0 atom stereocenters. The first-order valence-electron chi connectivity index (χ1n) is 11.8. The normalized spacial score (nSPS) is 13.1. The zero-order valence-corrected chi connectivity index (χ0v) is 21.8. The maximum Gasteiger partial charge on any atom is 0.410 e. The topological polar surface area (TPSA) is 183 Å². The van der Waals surface area contributed by atoms with E-state index < -0.39 is 17.9 Å². The van der Waals surface area contributed by atoms with E-state index >= 15 is 0 Å². The van der Waals surface area contributed by atoms with Crippen molar-refractivity contribution < 1.29 is 23.9 Å². The van der Waals surface area contributed by atoms with E-state index in [4.69, 9.17) is 14.9 Å². The first-order valence-corrected chi connectivity index (χ1v) is 11.8. The summed E-state index contributed by atoms with van der Waals surface area (Å²) in [6.45, 7) is 3.95. The molecule has 0 aliphatic carbocycles. The maximum atomic E-state index is 12.7. The van der Waals surface area contributed by atoms with Gasteiger partial charge in [0.05, 0.1) is 42.4 Å². The Bertz CT molecular complexity index is 1240. The number of methoxy groups -OCH3 is 1. The summed E-state index contributed by atoms with van der Waals surface area (Å²) in [5, 5.41) is 27.2. The smallest absolute Gasteiger partial charge is 0.410 e. The summed E-state index contributed by atoms with van der Waals surface area (Å²) in [5.41, 5.74) is 1.06. The Hall–Kier alpha value is -4.75. The third-order valence-electron chi connectivity index (χ3n) is 5.40. The van der Waals surface area contributed by atoms with Gasteiger partial charge in [-0.25, -0.2) is 9.79 Å². The Balaban J connectivity index is 1.82. The summed E-state index contributed by atoms with van der Waals surface area (Å²) in [6, 6.07) is 6.54. The van der Waals surface area contributed by atoms with Crippen molar-refractivity contribution in [3.63, 3.8) is 0 Å². The predicted molar refractivity (Wildman–Crippen MR) is 141 cm³/mol. The van der Waals surface area contributed by atoms with Crippen LogP contribution in [0.15, 0.2) is 29.3 Å². The number of anilines is 3. The second kappa shape index (κ2) is 12.5. The SMILES string of the molecule is CN/C=N\C(=N)c1cccc(Nc2cc(NC(=O)C3CN(C(=O)OC(C)C)C3)nnc2C(=O)NC)c1OC. The number of nitrogens with zero attached hydrogens (tertiary/aromatic N) is 4. The molecule has 1 aliphatic rings. The molecule has 2 heterocycles. The van der Waals surface area contributed by atoms with Gasteiger partial charge in [0.1, 0.15) is 0 Å². The van der Waals surface area contributed by atoms with E-state index in [1.165, 1.54) is 31.5 Å². The molecule has 202 valence electrons. The molecule has 3 amide bonds. The Kier molecular flexibility index (Phi) is 9.13. The average Bonchev–Trinajstić information content (AvgIpc) is 2.85. The van der Waals surface area contributed by atoms with Crippen molar-refractivity contribution in [1.29, 1.82) is 5.41 Å². The lowest BCUT2D eigenvalue weighted by molar-refractivity contribution is -0.124. The number of nitrogens with one attached hydrogen (secondary N) is 5. The van der Waals surface area contributed by atoms with E-state index in [0.717, 1.165) is 0 Å². The fourth-order valence-corrected chi connectivity index (χ4v) is 3.52. The van der Waals surface area contributed by atoms with E-state index in [9.17, 15) is 14.4 Å². The predicted octanol–water partition coefficient (Wildman–Crippen LogP) is 1.58. The van der Waals surface area contributed by atoms with E-state index in [1.807, 2.05) is 0 Å². The number of carbonyl (C=O) groups excluding carboxylic acids is 3. The van der Waals surface area contributed by atoms with E-state index in [0.29, 0.717) is 17.0 Å². The molecule has 1 aromatic heterocycles. The van der Waals surface area contributed by atoms with Crippen LogP contribution in [0.3, 0.4) is 0 Å². The Labute approximate surface area is 219 Å². The van der Waals surface area contributed by atoms with Crippen LogP contribution in [0.1, 0.15) is 29.9 Å². The van der Waals surface area contributed by atoms with Gasteiger partial charge < -0.3 is 35.6 Å². The van der Waals surface area contributed by atoms with Crippen LogP contribution in [0.25, 0.3) is 0 Å². The Morgan fingerprint density at radius 2 is 1.92 bits per heavy atom. The first-order chi connectivity index (χ1) is 18.2. The number of hydrogen-bond acceptors (Lipinski definition) is 9. The van der Waals surface area contributed by atoms with Crippen LogP contribution in [0, 0.1) is 11.3 Å². The molecule has 14 nitrogen and oxygen atoms in total.